The van der Waals surface area contributed by atoms with Crippen molar-refractivity contribution >= 4 is 0 Å². The second-order valence-corrected chi connectivity index (χ2v) is 5.43. The fourth-order valence-corrected chi connectivity index (χ4v) is 2.45. The van der Waals surface area contributed by atoms with Crippen LogP contribution in [0.4, 0.5) is 0 Å². The molecule has 0 radical (unpaired) electrons. The van der Waals surface area contributed by atoms with E-state index in [1.54, 1.807) is 14.2 Å². The van der Waals surface area contributed by atoms with Gasteiger partial charge in [-0.25, -0.2) is 0 Å². The third-order valence-electron chi connectivity index (χ3n) is 3.73. The lowest BCUT2D eigenvalue weighted by Gasteiger charge is -2.14. The zero-order valence-electron chi connectivity index (χ0n) is 14.5. The first-order chi connectivity index (χ1) is 12.2. The molecule has 0 atom stereocenters. The molecule has 0 N–H and O–H groups in total. The Balaban J connectivity index is 1.81. The lowest BCUT2D eigenvalue weighted by molar-refractivity contribution is 0.375. The van der Waals surface area contributed by atoms with Crippen molar-refractivity contribution in [1.82, 2.24) is 0 Å². The van der Waals surface area contributed by atoms with E-state index >= 15 is 0 Å². The summed E-state index contributed by atoms with van der Waals surface area (Å²) in [6.07, 6.45) is 0. The van der Waals surface area contributed by atoms with E-state index < -0.39 is 0 Å². The van der Waals surface area contributed by atoms with E-state index in [2.05, 4.69) is 0 Å². The van der Waals surface area contributed by atoms with Crippen molar-refractivity contribution in [2.24, 2.45) is 0 Å². The van der Waals surface area contributed by atoms with Gasteiger partial charge in [-0.2, -0.15) is 0 Å². The zero-order valence-corrected chi connectivity index (χ0v) is 14.5. The Bertz CT molecular complexity index is 858. The summed E-state index contributed by atoms with van der Waals surface area (Å²) >= 11 is 0. The van der Waals surface area contributed by atoms with Crippen LogP contribution in [0.3, 0.4) is 0 Å². The van der Waals surface area contributed by atoms with E-state index in [4.69, 9.17) is 18.9 Å². The van der Waals surface area contributed by atoms with Gasteiger partial charge >= 0.3 is 0 Å². The van der Waals surface area contributed by atoms with Gasteiger partial charge < -0.3 is 18.9 Å². The van der Waals surface area contributed by atoms with E-state index in [0.29, 0.717) is 23.0 Å². The molecule has 0 bridgehead atoms. The fourth-order valence-electron chi connectivity index (χ4n) is 2.45. The quantitative estimate of drug-likeness (QED) is 0.587. The number of aryl methyl sites for hydroxylation is 1. The van der Waals surface area contributed by atoms with Crippen molar-refractivity contribution in [2.45, 2.75) is 6.92 Å². The Labute approximate surface area is 147 Å². The summed E-state index contributed by atoms with van der Waals surface area (Å²) in [7, 11) is 3.25. The number of methoxy groups -OCH3 is 2. The third kappa shape index (κ3) is 3.86. The highest BCUT2D eigenvalue weighted by Crippen LogP contribution is 2.36. The van der Waals surface area contributed by atoms with Crippen LogP contribution in [-0.4, -0.2) is 14.2 Å². The first-order valence-electron chi connectivity index (χ1n) is 7.93. The van der Waals surface area contributed by atoms with Crippen molar-refractivity contribution < 1.29 is 18.9 Å². The molecule has 25 heavy (non-hydrogen) atoms. The molecule has 0 saturated carbocycles. The molecule has 4 nitrogen and oxygen atoms in total. The highest BCUT2D eigenvalue weighted by Gasteiger charge is 2.09. The van der Waals surface area contributed by atoms with E-state index in [-0.39, 0.29) is 0 Å². The second-order valence-electron chi connectivity index (χ2n) is 5.43. The summed E-state index contributed by atoms with van der Waals surface area (Å²) in [6, 6.07) is 20.8. The van der Waals surface area contributed by atoms with Crippen LogP contribution in [0.25, 0.3) is 0 Å². The summed E-state index contributed by atoms with van der Waals surface area (Å²) < 4.78 is 22.5. The van der Waals surface area contributed by atoms with E-state index in [1.807, 2.05) is 73.7 Å². The molecule has 0 fully saturated rings. The lowest BCUT2D eigenvalue weighted by atomic mass is 10.2. The second kappa shape index (κ2) is 7.62. The molecule has 3 rings (SSSR count). The van der Waals surface area contributed by atoms with Crippen molar-refractivity contribution in [2.75, 3.05) is 14.2 Å². The molecule has 0 spiro atoms. The Kier molecular flexibility index (Phi) is 5.09. The first-order valence-corrected chi connectivity index (χ1v) is 7.93. The minimum Gasteiger partial charge on any atom is -0.493 e. The minimum atomic E-state index is 0.669. The van der Waals surface area contributed by atoms with Gasteiger partial charge in [-0.3, -0.25) is 0 Å². The SMILES string of the molecule is COc1ccccc1Oc1ccc(Oc2ccccc2OC)c(C)c1. The van der Waals surface area contributed by atoms with Crippen molar-refractivity contribution in [3.8, 4) is 34.5 Å². The third-order valence-corrected chi connectivity index (χ3v) is 3.73. The number of benzene rings is 3. The number of ether oxygens (including phenoxy) is 4. The summed E-state index contributed by atoms with van der Waals surface area (Å²) in [6.45, 7) is 1.97. The van der Waals surface area contributed by atoms with Crippen LogP contribution in [0.5, 0.6) is 34.5 Å². The Hall–Kier alpha value is -3.14. The summed E-state index contributed by atoms with van der Waals surface area (Å²) in [4.78, 5) is 0. The molecule has 4 heteroatoms. The maximum absolute atomic E-state index is 5.98. The molecule has 0 amide bonds. The lowest BCUT2D eigenvalue weighted by Crippen LogP contribution is -1.93. The fraction of sp³-hybridized carbons (Fsp3) is 0.143. The molecule has 0 aliphatic carbocycles. The van der Waals surface area contributed by atoms with Gasteiger partial charge in [-0.1, -0.05) is 24.3 Å². The Morgan fingerprint density at radius 3 is 1.60 bits per heavy atom. The molecule has 0 saturated heterocycles. The van der Waals surface area contributed by atoms with Crippen LogP contribution >= 0.6 is 0 Å². The maximum atomic E-state index is 5.98. The van der Waals surface area contributed by atoms with Crippen molar-refractivity contribution in [3.63, 3.8) is 0 Å². The van der Waals surface area contributed by atoms with Crippen LogP contribution in [0.2, 0.25) is 0 Å². The minimum absolute atomic E-state index is 0.669. The standard InChI is InChI=1S/C21H20O4/c1-15-14-16(24-20-10-6-4-8-18(20)22-2)12-13-17(15)25-21-11-7-5-9-19(21)23-3/h4-14H,1-3H3. The van der Waals surface area contributed by atoms with Gasteiger partial charge in [-0.15, -0.1) is 0 Å². The van der Waals surface area contributed by atoms with Crippen LogP contribution in [0.1, 0.15) is 5.56 Å². The van der Waals surface area contributed by atoms with Crippen LogP contribution < -0.4 is 18.9 Å². The van der Waals surface area contributed by atoms with E-state index in [1.165, 1.54) is 0 Å². The summed E-state index contributed by atoms with van der Waals surface area (Å²) in [5.41, 5.74) is 0.957. The largest absolute Gasteiger partial charge is 0.493 e. The summed E-state index contributed by atoms with van der Waals surface area (Å²) in [5, 5.41) is 0. The molecular formula is C21H20O4. The zero-order chi connectivity index (χ0) is 17.6. The highest BCUT2D eigenvalue weighted by atomic mass is 16.5. The highest BCUT2D eigenvalue weighted by molar-refractivity contribution is 5.48. The number of rotatable bonds is 6. The maximum Gasteiger partial charge on any atom is 0.169 e. The van der Waals surface area contributed by atoms with E-state index in [9.17, 15) is 0 Å². The Morgan fingerprint density at radius 2 is 1.08 bits per heavy atom. The van der Waals surface area contributed by atoms with Gasteiger partial charge in [0, 0.05) is 0 Å². The van der Waals surface area contributed by atoms with Crippen LogP contribution in [0, 0.1) is 6.92 Å². The number of hydrogen-bond acceptors (Lipinski definition) is 4. The predicted octanol–water partition coefficient (Wildman–Crippen LogP) is 5.60. The molecule has 128 valence electrons. The summed E-state index contributed by atoms with van der Waals surface area (Å²) in [5.74, 6) is 4.19. The first kappa shape index (κ1) is 16.7. The molecule has 3 aromatic rings. The van der Waals surface area contributed by atoms with E-state index in [0.717, 1.165) is 17.1 Å². The molecular weight excluding hydrogens is 316 g/mol. The number of hydrogen-bond donors (Lipinski definition) is 0. The average Bonchev–Trinajstić information content (AvgIpc) is 2.65. The van der Waals surface area contributed by atoms with Crippen LogP contribution in [-0.2, 0) is 0 Å². The topological polar surface area (TPSA) is 36.9 Å². The van der Waals surface area contributed by atoms with Gasteiger partial charge in [0.25, 0.3) is 0 Å². The predicted molar refractivity (Wildman–Crippen MR) is 97.3 cm³/mol. The monoisotopic (exact) mass is 336 g/mol. The molecule has 0 heterocycles. The van der Waals surface area contributed by atoms with Gasteiger partial charge in [0.15, 0.2) is 23.0 Å². The molecule has 0 aliphatic rings. The average molecular weight is 336 g/mol. The van der Waals surface area contributed by atoms with Crippen molar-refractivity contribution in [1.29, 1.82) is 0 Å². The van der Waals surface area contributed by atoms with Crippen molar-refractivity contribution in [3.05, 3.63) is 72.3 Å². The number of para-hydroxylation sites is 4. The normalized spacial score (nSPS) is 10.2. The molecule has 0 aromatic heterocycles. The van der Waals surface area contributed by atoms with Gasteiger partial charge in [0.05, 0.1) is 14.2 Å². The molecule has 0 aliphatic heterocycles. The van der Waals surface area contributed by atoms with Gasteiger partial charge in [-0.05, 0) is 55.0 Å². The molecule has 3 aromatic carbocycles. The van der Waals surface area contributed by atoms with Crippen LogP contribution in [0.15, 0.2) is 66.7 Å². The van der Waals surface area contributed by atoms with Gasteiger partial charge in [0.2, 0.25) is 0 Å². The Morgan fingerprint density at radius 1 is 0.560 bits per heavy atom. The van der Waals surface area contributed by atoms with Gasteiger partial charge in [0.1, 0.15) is 11.5 Å². The molecule has 0 unspecified atom stereocenters. The smallest absolute Gasteiger partial charge is 0.169 e.